The smallest absolute Gasteiger partial charge is 0.222 e. The summed E-state index contributed by atoms with van der Waals surface area (Å²) in [4.78, 5) is 25.2. The van der Waals surface area contributed by atoms with Crippen molar-refractivity contribution in [3.63, 3.8) is 0 Å². The molecule has 1 fully saturated rings. The summed E-state index contributed by atoms with van der Waals surface area (Å²) < 4.78 is 0. The molecule has 0 radical (unpaired) electrons. The summed E-state index contributed by atoms with van der Waals surface area (Å²) in [6.07, 6.45) is 3.48. The molecule has 1 heterocycles. The Kier molecular flexibility index (Phi) is 4.99. The van der Waals surface area contributed by atoms with Crippen molar-refractivity contribution in [3.8, 4) is 0 Å². The molecule has 0 aliphatic carbocycles. The topological polar surface area (TPSA) is 49.4 Å². The number of amides is 2. The largest absolute Gasteiger partial charge is 0.351 e. The van der Waals surface area contributed by atoms with Gasteiger partial charge in [-0.1, -0.05) is 30.3 Å². The average molecular weight is 288 g/mol. The van der Waals surface area contributed by atoms with Gasteiger partial charge in [-0.15, -0.1) is 0 Å². The van der Waals surface area contributed by atoms with Gasteiger partial charge in [0.25, 0.3) is 0 Å². The number of hydrogen-bond acceptors (Lipinski definition) is 2. The van der Waals surface area contributed by atoms with Crippen LogP contribution in [0.3, 0.4) is 0 Å². The lowest BCUT2D eigenvalue weighted by Gasteiger charge is -2.25. The maximum Gasteiger partial charge on any atom is 0.222 e. The van der Waals surface area contributed by atoms with Gasteiger partial charge < -0.3 is 10.2 Å². The second kappa shape index (κ2) is 6.74. The molecule has 2 rings (SSSR count). The molecule has 1 N–H and O–H groups in total. The molecule has 0 aromatic heterocycles. The Balaban J connectivity index is 1.74. The van der Waals surface area contributed by atoms with E-state index in [2.05, 4.69) is 17.4 Å². The number of carbonyl (C=O) groups excluding carboxylic acids is 2. The number of nitrogens with one attached hydrogen (secondary N) is 1. The predicted molar refractivity (Wildman–Crippen MR) is 82.8 cm³/mol. The van der Waals surface area contributed by atoms with Crippen molar-refractivity contribution in [1.82, 2.24) is 10.2 Å². The summed E-state index contributed by atoms with van der Waals surface area (Å²) >= 11 is 0. The summed E-state index contributed by atoms with van der Waals surface area (Å²) in [5.74, 6) is 0.246. The van der Waals surface area contributed by atoms with Crippen LogP contribution in [-0.4, -0.2) is 35.8 Å². The van der Waals surface area contributed by atoms with Crippen LogP contribution in [0.5, 0.6) is 0 Å². The fourth-order valence-electron chi connectivity index (χ4n) is 2.68. The van der Waals surface area contributed by atoms with Crippen LogP contribution in [0.25, 0.3) is 0 Å². The Morgan fingerprint density at radius 2 is 2.05 bits per heavy atom. The standard InChI is InChI=1S/C17H24N2O2/c1-17(11-8-15(20)18-17)12-9-16(21)19(2)13-10-14-6-4-3-5-7-14/h3-7H,8-13H2,1-2H3,(H,18,20). The second-order valence-electron chi connectivity index (χ2n) is 6.16. The minimum atomic E-state index is -0.201. The average Bonchev–Trinajstić information content (AvgIpc) is 2.83. The monoisotopic (exact) mass is 288 g/mol. The van der Waals surface area contributed by atoms with E-state index < -0.39 is 0 Å². The fraction of sp³-hybridized carbons (Fsp3) is 0.529. The zero-order valence-corrected chi connectivity index (χ0v) is 12.9. The first-order valence-corrected chi connectivity index (χ1v) is 7.57. The van der Waals surface area contributed by atoms with E-state index in [1.54, 1.807) is 4.90 Å². The van der Waals surface area contributed by atoms with E-state index in [1.807, 2.05) is 32.2 Å². The van der Waals surface area contributed by atoms with Crippen molar-refractivity contribution in [3.05, 3.63) is 35.9 Å². The van der Waals surface area contributed by atoms with E-state index in [9.17, 15) is 9.59 Å². The first kappa shape index (κ1) is 15.5. The van der Waals surface area contributed by atoms with Crippen LogP contribution in [-0.2, 0) is 16.0 Å². The first-order chi connectivity index (χ1) is 9.98. The third-order valence-electron chi connectivity index (χ3n) is 4.24. The minimum absolute atomic E-state index is 0.0994. The molecule has 2 amide bonds. The van der Waals surface area contributed by atoms with Gasteiger partial charge in [0.15, 0.2) is 0 Å². The molecule has 1 saturated heterocycles. The van der Waals surface area contributed by atoms with Gasteiger partial charge in [0.1, 0.15) is 0 Å². The van der Waals surface area contributed by atoms with Gasteiger partial charge in [-0.05, 0) is 31.7 Å². The van der Waals surface area contributed by atoms with Gasteiger partial charge in [0.2, 0.25) is 11.8 Å². The highest BCUT2D eigenvalue weighted by Gasteiger charge is 2.33. The molecule has 1 aromatic rings. The minimum Gasteiger partial charge on any atom is -0.351 e. The molecule has 0 spiro atoms. The highest BCUT2D eigenvalue weighted by Crippen LogP contribution is 2.24. The van der Waals surface area contributed by atoms with Gasteiger partial charge in [0.05, 0.1) is 0 Å². The van der Waals surface area contributed by atoms with E-state index in [-0.39, 0.29) is 17.4 Å². The summed E-state index contributed by atoms with van der Waals surface area (Å²) in [5, 5.41) is 2.97. The van der Waals surface area contributed by atoms with Gasteiger partial charge in [0, 0.05) is 32.0 Å². The Bertz CT molecular complexity index is 501. The van der Waals surface area contributed by atoms with Crippen molar-refractivity contribution in [2.75, 3.05) is 13.6 Å². The molecule has 114 valence electrons. The van der Waals surface area contributed by atoms with Crippen molar-refractivity contribution in [1.29, 1.82) is 0 Å². The molecule has 4 nitrogen and oxygen atoms in total. The zero-order valence-electron chi connectivity index (χ0n) is 12.9. The Labute approximate surface area is 126 Å². The summed E-state index contributed by atoms with van der Waals surface area (Å²) in [6.45, 7) is 2.75. The molecular formula is C17H24N2O2. The van der Waals surface area contributed by atoms with Gasteiger partial charge >= 0.3 is 0 Å². The van der Waals surface area contributed by atoms with Crippen LogP contribution in [0.2, 0.25) is 0 Å². The molecule has 21 heavy (non-hydrogen) atoms. The number of carbonyl (C=O) groups is 2. The number of benzene rings is 1. The molecular weight excluding hydrogens is 264 g/mol. The lowest BCUT2D eigenvalue weighted by Crippen LogP contribution is -2.40. The van der Waals surface area contributed by atoms with E-state index in [4.69, 9.17) is 0 Å². The van der Waals surface area contributed by atoms with Crippen LogP contribution in [0.1, 0.15) is 38.2 Å². The zero-order chi connectivity index (χ0) is 15.3. The summed E-state index contributed by atoms with van der Waals surface area (Å²) in [6, 6.07) is 10.2. The van der Waals surface area contributed by atoms with E-state index in [1.165, 1.54) is 5.56 Å². The van der Waals surface area contributed by atoms with Crippen LogP contribution in [0, 0.1) is 0 Å². The normalized spacial score (nSPS) is 21.1. The van der Waals surface area contributed by atoms with Crippen LogP contribution in [0.4, 0.5) is 0 Å². The number of likely N-dealkylation sites (N-methyl/N-ethyl adjacent to an activating group) is 1. The van der Waals surface area contributed by atoms with E-state index >= 15 is 0 Å². The van der Waals surface area contributed by atoms with Crippen molar-refractivity contribution in [2.24, 2.45) is 0 Å². The van der Waals surface area contributed by atoms with E-state index in [0.29, 0.717) is 19.3 Å². The fourth-order valence-corrected chi connectivity index (χ4v) is 2.68. The van der Waals surface area contributed by atoms with Crippen LogP contribution >= 0.6 is 0 Å². The second-order valence-corrected chi connectivity index (χ2v) is 6.16. The molecule has 1 atom stereocenters. The molecule has 1 aliphatic rings. The molecule has 1 unspecified atom stereocenters. The maximum atomic E-state index is 12.2. The third kappa shape index (κ3) is 4.59. The Morgan fingerprint density at radius 1 is 1.33 bits per heavy atom. The summed E-state index contributed by atoms with van der Waals surface area (Å²) in [5.41, 5.74) is 1.04. The van der Waals surface area contributed by atoms with Crippen molar-refractivity contribution in [2.45, 2.75) is 44.6 Å². The van der Waals surface area contributed by atoms with Gasteiger partial charge in [-0.3, -0.25) is 9.59 Å². The number of nitrogens with zero attached hydrogens (tertiary/aromatic N) is 1. The highest BCUT2D eigenvalue weighted by atomic mass is 16.2. The SMILES string of the molecule is CN(CCc1ccccc1)C(=O)CCC1(C)CCC(=O)N1. The molecule has 4 heteroatoms. The molecule has 1 aromatic carbocycles. The number of hydrogen-bond donors (Lipinski definition) is 1. The van der Waals surface area contributed by atoms with Crippen molar-refractivity contribution < 1.29 is 9.59 Å². The first-order valence-electron chi connectivity index (χ1n) is 7.57. The van der Waals surface area contributed by atoms with E-state index in [0.717, 1.165) is 19.4 Å². The van der Waals surface area contributed by atoms with Gasteiger partial charge in [-0.2, -0.15) is 0 Å². The molecule has 1 aliphatic heterocycles. The predicted octanol–water partition coefficient (Wildman–Crippen LogP) is 2.14. The Hall–Kier alpha value is -1.84. The lowest BCUT2D eigenvalue weighted by atomic mass is 9.94. The quantitative estimate of drug-likeness (QED) is 0.872. The van der Waals surface area contributed by atoms with Crippen LogP contribution in [0.15, 0.2) is 30.3 Å². The third-order valence-corrected chi connectivity index (χ3v) is 4.24. The lowest BCUT2D eigenvalue weighted by molar-refractivity contribution is -0.130. The number of rotatable bonds is 6. The molecule has 0 bridgehead atoms. The molecule has 0 saturated carbocycles. The summed E-state index contributed by atoms with van der Waals surface area (Å²) in [7, 11) is 1.85. The Morgan fingerprint density at radius 3 is 2.67 bits per heavy atom. The maximum absolute atomic E-state index is 12.2. The van der Waals surface area contributed by atoms with Crippen LogP contribution < -0.4 is 5.32 Å². The van der Waals surface area contributed by atoms with Gasteiger partial charge in [-0.25, -0.2) is 0 Å². The van der Waals surface area contributed by atoms with Crippen molar-refractivity contribution >= 4 is 11.8 Å². The highest BCUT2D eigenvalue weighted by molar-refractivity contribution is 5.80.